The van der Waals surface area contributed by atoms with Crippen molar-refractivity contribution in [3.63, 3.8) is 0 Å². The summed E-state index contributed by atoms with van der Waals surface area (Å²) >= 11 is 0. The van der Waals surface area contributed by atoms with Crippen molar-refractivity contribution in [1.29, 1.82) is 0 Å². The molecule has 0 spiro atoms. The van der Waals surface area contributed by atoms with E-state index in [9.17, 15) is 0 Å². The third-order valence-corrected chi connectivity index (χ3v) is 3.51. The van der Waals surface area contributed by atoms with Crippen molar-refractivity contribution in [1.82, 2.24) is 19.8 Å². The van der Waals surface area contributed by atoms with Gasteiger partial charge in [0.2, 0.25) is 0 Å². The van der Waals surface area contributed by atoms with Crippen LogP contribution in [0.1, 0.15) is 30.9 Å². The number of piperidine rings is 1. The van der Waals surface area contributed by atoms with Crippen molar-refractivity contribution in [2.75, 3.05) is 33.7 Å². The molecule has 96 valence electrons. The van der Waals surface area contributed by atoms with Gasteiger partial charge in [0, 0.05) is 24.4 Å². The number of aromatic nitrogens is 2. The van der Waals surface area contributed by atoms with Crippen molar-refractivity contribution in [2.24, 2.45) is 0 Å². The molecule has 1 aliphatic rings. The van der Waals surface area contributed by atoms with E-state index in [4.69, 9.17) is 0 Å². The molecular formula is C13H24N4. The van der Waals surface area contributed by atoms with Gasteiger partial charge in [-0.2, -0.15) is 0 Å². The summed E-state index contributed by atoms with van der Waals surface area (Å²) in [4.78, 5) is 6.56. The molecule has 1 aliphatic heterocycles. The van der Waals surface area contributed by atoms with E-state index in [-0.39, 0.29) is 0 Å². The highest BCUT2D eigenvalue weighted by atomic mass is 15.1. The normalized spacial score (nSPS) is 17.8. The van der Waals surface area contributed by atoms with Crippen LogP contribution in [0.2, 0.25) is 0 Å². The van der Waals surface area contributed by atoms with Gasteiger partial charge < -0.3 is 14.8 Å². The molecule has 0 atom stereocenters. The van der Waals surface area contributed by atoms with E-state index >= 15 is 0 Å². The number of nitrogens with zero attached hydrogens (tertiary/aromatic N) is 3. The Morgan fingerprint density at radius 1 is 1.41 bits per heavy atom. The lowest BCUT2D eigenvalue weighted by Gasteiger charge is -2.23. The van der Waals surface area contributed by atoms with E-state index < -0.39 is 0 Å². The van der Waals surface area contributed by atoms with Crippen LogP contribution in [-0.4, -0.2) is 48.2 Å². The third kappa shape index (κ3) is 3.54. The zero-order valence-electron chi connectivity index (χ0n) is 11.0. The van der Waals surface area contributed by atoms with Gasteiger partial charge in [0.05, 0.1) is 6.33 Å². The van der Waals surface area contributed by atoms with E-state index in [0.29, 0.717) is 5.92 Å². The molecule has 0 amide bonds. The second-order valence-electron chi connectivity index (χ2n) is 5.19. The molecule has 0 radical (unpaired) electrons. The fraction of sp³-hybridized carbons (Fsp3) is 0.769. The average molecular weight is 236 g/mol. The van der Waals surface area contributed by atoms with Crippen molar-refractivity contribution < 1.29 is 0 Å². The molecule has 1 N–H and O–H groups in total. The minimum absolute atomic E-state index is 0.707. The molecule has 1 fully saturated rings. The minimum Gasteiger partial charge on any atom is -0.334 e. The molecule has 17 heavy (non-hydrogen) atoms. The number of imidazole rings is 1. The number of nitrogens with one attached hydrogen (secondary N) is 1. The summed E-state index contributed by atoms with van der Waals surface area (Å²) in [5.74, 6) is 0.707. The summed E-state index contributed by atoms with van der Waals surface area (Å²) in [7, 11) is 4.25. The summed E-state index contributed by atoms with van der Waals surface area (Å²) in [6, 6.07) is 0. The van der Waals surface area contributed by atoms with Crippen molar-refractivity contribution >= 4 is 0 Å². The van der Waals surface area contributed by atoms with Crippen LogP contribution in [0.15, 0.2) is 12.5 Å². The van der Waals surface area contributed by atoms with Gasteiger partial charge in [-0.3, -0.25) is 0 Å². The standard InChI is InChI=1S/C13H24N4/c1-16(2)8-3-9-17-11-15-10-13(17)12-4-6-14-7-5-12/h10-12,14H,3-9H2,1-2H3. The Labute approximate surface area is 104 Å². The summed E-state index contributed by atoms with van der Waals surface area (Å²) < 4.78 is 2.35. The molecule has 2 rings (SSSR count). The summed E-state index contributed by atoms with van der Waals surface area (Å²) in [5.41, 5.74) is 1.44. The van der Waals surface area contributed by atoms with Gasteiger partial charge >= 0.3 is 0 Å². The molecule has 1 aromatic rings. The van der Waals surface area contributed by atoms with E-state index in [1.165, 1.54) is 25.0 Å². The van der Waals surface area contributed by atoms with Crippen LogP contribution in [0.25, 0.3) is 0 Å². The maximum Gasteiger partial charge on any atom is 0.0948 e. The topological polar surface area (TPSA) is 33.1 Å². The van der Waals surface area contributed by atoms with Crippen LogP contribution in [0.4, 0.5) is 0 Å². The quantitative estimate of drug-likeness (QED) is 0.836. The molecule has 0 bridgehead atoms. The molecule has 0 saturated carbocycles. The first-order valence-electron chi connectivity index (χ1n) is 6.63. The smallest absolute Gasteiger partial charge is 0.0948 e. The second-order valence-corrected chi connectivity index (χ2v) is 5.19. The molecular weight excluding hydrogens is 212 g/mol. The van der Waals surface area contributed by atoms with Crippen LogP contribution in [0.5, 0.6) is 0 Å². The van der Waals surface area contributed by atoms with Crippen LogP contribution in [0.3, 0.4) is 0 Å². The van der Waals surface area contributed by atoms with Gasteiger partial charge in [0.25, 0.3) is 0 Å². The molecule has 0 aromatic carbocycles. The second kappa shape index (κ2) is 6.17. The number of hydrogen-bond donors (Lipinski definition) is 1. The fourth-order valence-electron chi connectivity index (χ4n) is 2.53. The van der Waals surface area contributed by atoms with E-state index in [0.717, 1.165) is 26.2 Å². The lowest BCUT2D eigenvalue weighted by Crippen LogP contribution is -2.27. The van der Waals surface area contributed by atoms with Crippen LogP contribution in [0, 0.1) is 0 Å². The predicted octanol–water partition coefficient (Wildman–Crippen LogP) is 1.30. The highest BCUT2D eigenvalue weighted by Crippen LogP contribution is 2.24. The first kappa shape index (κ1) is 12.6. The van der Waals surface area contributed by atoms with Crippen molar-refractivity contribution in [3.8, 4) is 0 Å². The Kier molecular flexibility index (Phi) is 4.57. The molecule has 1 saturated heterocycles. The Balaban J connectivity index is 1.91. The molecule has 0 aliphatic carbocycles. The van der Waals surface area contributed by atoms with Crippen molar-refractivity contribution in [3.05, 3.63) is 18.2 Å². The lowest BCUT2D eigenvalue weighted by atomic mass is 9.95. The highest BCUT2D eigenvalue weighted by molar-refractivity contribution is 5.07. The van der Waals surface area contributed by atoms with Crippen molar-refractivity contribution in [2.45, 2.75) is 31.7 Å². The zero-order valence-corrected chi connectivity index (χ0v) is 11.0. The van der Waals surface area contributed by atoms with E-state index in [1.54, 1.807) is 0 Å². The Hall–Kier alpha value is -0.870. The molecule has 4 nitrogen and oxygen atoms in total. The molecule has 4 heteroatoms. The lowest BCUT2D eigenvalue weighted by molar-refractivity contribution is 0.379. The van der Waals surface area contributed by atoms with Gasteiger partial charge in [0.15, 0.2) is 0 Å². The molecule has 2 heterocycles. The Morgan fingerprint density at radius 2 is 2.18 bits per heavy atom. The minimum atomic E-state index is 0.707. The van der Waals surface area contributed by atoms with Gasteiger partial charge in [-0.05, 0) is 53.0 Å². The summed E-state index contributed by atoms with van der Waals surface area (Å²) in [5, 5.41) is 3.42. The van der Waals surface area contributed by atoms with Crippen LogP contribution < -0.4 is 5.32 Å². The fourth-order valence-corrected chi connectivity index (χ4v) is 2.53. The van der Waals surface area contributed by atoms with E-state index in [1.807, 2.05) is 6.33 Å². The zero-order chi connectivity index (χ0) is 12.1. The number of aryl methyl sites for hydroxylation is 1. The van der Waals surface area contributed by atoms with Gasteiger partial charge in [-0.1, -0.05) is 0 Å². The maximum atomic E-state index is 4.32. The summed E-state index contributed by atoms with van der Waals surface area (Å²) in [6.07, 6.45) is 7.75. The van der Waals surface area contributed by atoms with Crippen LogP contribution >= 0.6 is 0 Å². The monoisotopic (exact) mass is 236 g/mol. The Morgan fingerprint density at radius 3 is 2.88 bits per heavy atom. The first-order valence-corrected chi connectivity index (χ1v) is 6.63. The average Bonchev–Trinajstić information content (AvgIpc) is 2.78. The van der Waals surface area contributed by atoms with E-state index in [2.05, 4.69) is 40.1 Å². The number of rotatable bonds is 5. The SMILES string of the molecule is CN(C)CCCn1cncc1C1CCNCC1. The van der Waals surface area contributed by atoms with Gasteiger partial charge in [-0.15, -0.1) is 0 Å². The molecule has 1 aromatic heterocycles. The largest absolute Gasteiger partial charge is 0.334 e. The maximum absolute atomic E-state index is 4.32. The van der Waals surface area contributed by atoms with Gasteiger partial charge in [-0.25, -0.2) is 4.98 Å². The number of hydrogen-bond acceptors (Lipinski definition) is 3. The Bertz CT molecular complexity index is 326. The first-order chi connectivity index (χ1) is 8.27. The highest BCUT2D eigenvalue weighted by Gasteiger charge is 2.18. The van der Waals surface area contributed by atoms with Crippen LogP contribution in [-0.2, 0) is 6.54 Å². The third-order valence-electron chi connectivity index (χ3n) is 3.51. The predicted molar refractivity (Wildman–Crippen MR) is 70.2 cm³/mol. The van der Waals surface area contributed by atoms with Gasteiger partial charge in [0.1, 0.15) is 0 Å². The summed E-state index contributed by atoms with van der Waals surface area (Å²) in [6.45, 7) is 4.53. The molecule has 0 unspecified atom stereocenters.